The van der Waals surface area contributed by atoms with E-state index in [2.05, 4.69) is 16.3 Å². The summed E-state index contributed by atoms with van der Waals surface area (Å²) in [6, 6.07) is 5.94. The van der Waals surface area contributed by atoms with Gasteiger partial charge in [0, 0.05) is 17.2 Å². The van der Waals surface area contributed by atoms with E-state index >= 15 is 0 Å². The second-order valence-corrected chi connectivity index (χ2v) is 6.26. The standard InChI is InChI=1S/C14H15N5S/c1-8-10(6-3-7-11(8)15)13-18-19-12(9-4-2-5-9)16-17-14(19)20-13/h3,6-7,9H,2,4-5,15H2,1H3. The van der Waals surface area contributed by atoms with Gasteiger partial charge in [-0.05, 0) is 31.4 Å². The molecule has 20 heavy (non-hydrogen) atoms. The van der Waals surface area contributed by atoms with Gasteiger partial charge >= 0.3 is 0 Å². The summed E-state index contributed by atoms with van der Waals surface area (Å²) in [5, 5.41) is 14.2. The zero-order valence-corrected chi connectivity index (χ0v) is 12.0. The van der Waals surface area contributed by atoms with Crippen molar-refractivity contribution >= 4 is 22.0 Å². The van der Waals surface area contributed by atoms with Crippen LogP contribution in [0.2, 0.25) is 0 Å². The van der Waals surface area contributed by atoms with E-state index in [1.807, 2.05) is 23.6 Å². The van der Waals surface area contributed by atoms with Crippen LogP contribution >= 0.6 is 11.3 Å². The summed E-state index contributed by atoms with van der Waals surface area (Å²) < 4.78 is 1.91. The Labute approximate surface area is 120 Å². The van der Waals surface area contributed by atoms with Gasteiger partial charge in [-0.1, -0.05) is 29.9 Å². The molecule has 1 aliphatic carbocycles. The Balaban J connectivity index is 1.84. The quantitative estimate of drug-likeness (QED) is 0.735. The lowest BCUT2D eigenvalue weighted by Gasteiger charge is -2.22. The van der Waals surface area contributed by atoms with Gasteiger partial charge < -0.3 is 5.73 Å². The van der Waals surface area contributed by atoms with Gasteiger partial charge in [0.15, 0.2) is 5.82 Å². The molecular formula is C14H15N5S. The molecule has 1 aliphatic rings. The third-order valence-electron chi connectivity index (χ3n) is 4.09. The molecule has 3 aromatic rings. The zero-order valence-electron chi connectivity index (χ0n) is 11.2. The summed E-state index contributed by atoms with van der Waals surface area (Å²) in [5.74, 6) is 1.54. The van der Waals surface area contributed by atoms with Crippen molar-refractivity contribution in [1.82, 2.24) is 19.8 Å². The van der Waals surface area contributed by atoms with Crippen LogP contribution in [0.25, 0.3) is 15.5 Å². The summed E-state index contributed by atoms with van der Waals surface area (Å²) in [6.45, 7) is 2.03. The Bertz CT molecular complexity index is 784. The van der Waals surface area contributed by atoms with Crippen LogP contribution in [0.15, 0.2) is 18.2 Å². The molecule has 2 N–H and O–H groups in total. The van der Waals surface area contributed by atoms with Crippen molar-refractivity contribution in [2.75, 3.05) is 5.73 Å². The Hall–Kier alpha value is -1.95. The minimum Gasteiger partial charge on any atom is -0.398 e. The molecule has 0 aliphatic heterocycles. The van der Waals surface area contributed by atoms with Gasteiger partial charge in [0.05, 0.1) is 0 Å². The molecule has 5 nitrogen and oxygen atoms in total. The number of hydrogen-bond acceptors (Lipinski definition) is 5. The van der Waals surface area contributed by atoms with Crippen LogP contribution in [0, 0.1) is 6.92 Å². The van der Waals surface area contributed by atoms with Crippen molar-refractivity contribution in [2.24, 2.45) is 0 Å². The summed E-state index contributed by atoms with van der Waals surface area (Å²) in [6.07, 6.45) is 3.68. The van der Waals surface area contributed by atoms with Gasteiger partial charge in [-0.3, -0.25) is 0 Å². The van der Waals surface area contributed by atoms with E-state index in [4.69, 9.17) is 10.8 Å². The van der Waals surface area contributed by atoms with Crippen molar-refractivity contribution < 1.29 is 0 Å². The fraction of sp³-hybridized carbons (Fsp3) is 0.357. The second-order valence-electron chi connectivity index (χ2n) is 5.31. The predicted octanol–water partition coefficient (Wildman–Crippen LogP) is 3.01. The molecule has 0 atom stereocenters. The van der Waals surface area contributed by atoms with Crippen molar-refractivity contribution in [3.63, 3.8) is 0 Å². The summed E-state index contributed by atoms with van der Waals surface area (Å²) in [5.41, 5.74) is 8.93. The lowest BCUT2D eigenvalue weighted by Crippen LogP contribution is -2.13. The first-order valence-corrected chi connectivity index (χ1v) is 7.63. The van der Waals surface area contributed by atoms with E-state index < -0.39 is 0 Å². The maximum atomic E-state index is 5.98. The largest absolute Gasteiger partial charge is 0.398 e. The molecule has 1 aromatic carbocycles. The van der Waals surface area contributed by atoms with Crippen molar-refractivity contribution in [1.29, 1.82) is 0 Å². The van der Waals surface area contributed by atoms with Gasteiger partial charge in [0.1, 0.15) is 5.01 Å². The Morgan fingerprint density at radius 1 is 1.30 bits per heavy atom. The maximum absolute atomic E-state index is 5.98. The molecule has 0 unspecified atom stereocenters. The van der Waals surface area contributed by atoms with Crippen LogP contribution in [0.1, 0.15) is 36.6 Å². The normalized spacial score (nSPS) is 15.7. The average molecular weight is 285 g/mol. The molecule has 1 fully saturated rings. The zero-order chi connectivity index (χ0) is 13.7. The predicted molar refractivity (Wildman–Crippen MR) is 79.8 cm³/mol. The number of nitrogens with two attached hydrogens (primary N) is 1. The lowest BCUT2D eigenvalue weighted by atomic mass is 9.85. The molecule has 0 amide bonds. The highest BCUT2D eigenvalue weighted by Crippen LogP contribution is 2.37. The Kier molecular flexibility index (Phi) is 2.53. The minimum atomic E-state index is 0.530. The summed E-state index contributed by atoms with van der Waals surface area (Å²) in [4.78, 5) is 0.865. The van der Waals surface area contributed by atoms with Crippen LogP contribution in [-0.2, 0) is 0 Å². The molecule has 6 heteroatoms. The first-order chi connectivity index (χ1) is 9.74. The number of nitrogen functional groups attached to an aromatic ring is 1. The van der Waals surface area contributed by atoms with Crippen LogP contribution in [-0.4, -0.2) is 19.8 Å². The molecule has 2 aromatic heterocycles. The first-order valence-electron chi connectivity index (χ1n) is 6.81. The van der Waals surface area contributed by atoms with Gasteiger partial charge in [-0.15, -0.1) is 10.2 Å². The molecule has 4 rings (SSSR count). The highest BCUT2D eigenvalue weighted by molar-refractivity contribution is 7.19. The third kappa shape index (κ3) is 1.64. The number of fused-ring (bicyclic) bond motifs is 1. The topological polar surface area (TPSA) is 69.1 Å². The van der Waals surface area contributed by atoms with Gasteiger partial charge in [-0.25, -0.2) is 0 Å². The summed E-state index contributed by atoms with van der Waals surface area (Å²) in [7, 11) is 0. The number of rotatable bonds is 2. The van der Waals surface area contributed by atoms with Crippen LogP contribution < -0.4 is 5.73 Å². The van der Waals surface area contributed by atoms with E-state index in [1.54, 1.807) is 11.3 Å². The average Bonchev–Trinajstić information content (AvgIpc) is 2.93. The van der Waals surface area contributed by atoms with E-state index in [9.17, 15) is 0 Å². The smallest absolute Gasteiger partial charge is 0.234 e. The lowest BCUT2D eigenvalue weighted by molar-refractivity contribution is 0.395. The van der Waals surface area contributed by atoms with E-state index in [0.717, 1.165) is 32.6 Å². The molecule has 0 bridgehead atoms. The molecule has 0 spiro atoms. The molecular weight excluding hydrogens is 270 g/mol. The Morgan fingerprint density at radius 2 is 2.15 bits per heavy atom. The highest BCUT2D eigenvalue weighted by Gasteiger charge is 2.26. The van der Waals surface area contributed by atoms with Gasteiger partial charge in [-0.2, -0.15) is 9.61 Å². The van der Waals surface area contributed by atoms with Crippen molar-refractivity contribution in [3.05, 3.63) is 29.6 Å². The number of aromatic nitrogens is 4. The van der Waals surface area contributed by atoms with E-state index in [0.29, 0.717) is 5.92 Å². The van der Waals surface area contributed by atoms with Gasteiger partial charge in [0.2, 0.25) is 4.96 Å². The van der Waals surface area contributed by atoms with Crippen LogP contribution in [0.3, 0.4) is 0 Å². The number of hydrogen-bond donors (Lipinski definition) is 1. The minimum absolute atomic E-state index is 0.530. The SMILES string of the molecule is Cc1c(N)cccc1-c1nn2c(C3CCC3)nnc2s1. The van der Waals surface area contributed by atoms with Crippen molar-refractivity contribution in [2.45, 2.75) is 32.1 Å². The van der Waals surface area contributed by atoms with Gasteiger partial charge in [0.25, 0.3) is 0 Å². The Morgan fingerprint density at radius 3 is 2.90 bits per heavy atom. The maximum Gasteiger partial charge on any atom is 0.234 e. The van der Waals surface area contributed by atoms with Crippen molar-refractivity contribution in [3.8, 4) is 10.6 Å². The molecule has 2 heterocycles. The number of nitrogens with zero attached hydrogens (tertiary/aromatic N) is 4. The molecule has 1 saturated carbocycles. The monoisotopic (exact) mass is 285 g/mol. The molecule has 0 radical (unpaired) electrons. The third-order valence-corrected chi connectivity index (χ3v) is 5.02. The fourth-order valence-electron chi connectivity index (χ4n) is 2.55. The molecule has 102 valence electrons. The summed E-state index contributed by atoms with van der Waals surface area (Å²) >= 11 is 1.57. The van der Waals surface area contributed by atoms with Crippen LogP contribution in [0.5, 0.6) is 0 Å². The fourth-order valence-corrected chi connectivity index (χ4v) is 3.48. The van der Waals surface area contributed by atoms with E-state index in [-0.39, 0.29) is 0 Å². The second kappa shape index (κ2) is 4.28. The van der Waals surface area contributed by atoms with E-state index in [1.165, 1.54) is 19.3 Å². The number of benzene rings is 1. The number of anilines is 1. The first kappa shape index (κ1) is 11.8. The van der Waals surface area contributed by atoms with Crippen LogP contribution in [0.4, 0.5) is 5.69 Å². The molecule has 0 saturated heterocycles. The highest BCUT2D eigenvalue weighted by atomic mass is 32.1.